The summed E-state index contributed by atoms with van der Waals surface area (Å²) in [5, 5.41) is 14.2. The molecule has 0 bridgehead atoms. The molecular weight excluding hydrogens is 248 g/mol. The Labute approximate surface area is 111 Å². The summed E-state index contributed by atoms with van der Waals surface area (Å²) < 4.78 is 0. The van der Waals surface area contributed by atoms with Gasteiger partial charge in [0.05, 0.1) is 12.2 Å². The van der Waals surface area contributed by atoms with Gasteiger partial charge in [0.1, 0.15) is 11.9 Å². The lowest BCUT2D eigenvalue weighted by Gasteiger charge is -2.25. The minimum absolute atomic E-state index is 0.218. The van der Waals surface area contributed by atoms with Gasteiger partial charge < -0.3 is 15.7 Å². The zero-order valence-corrected chi connectivity index (χ0v) is 11.0. The standard InChI is InChI=1S/C12H18N4O3/c1-3-5-12(2,10(17)18)16-11(19)14-7-9-4-6-13-8-15-9/h4,6,8H,3,5,7H2,1-2H3,(H,17,18)(H2,14,16,19). The molecule has 1 aromatic heterocycles. The number of hydrogen-bond acceptors (Lipinski definition) is 4. The SMILES string of the molecule is CCCC(C)(NC(=O)NCc1ccncn1)C(=O)O. The first-order valence-corrected chi connectivity index (χ1v) is 6.02. The van der Waals surface area contributed by atoms with Gasteiger partial charge in [-0.25, -0.2) is 19.6 Å². The molecule has 0 aliphatic carbocycles. The average Bonchev–Trinajstić information content (AvgIpc) is 2.37. The van der Waals surface area contributed by atoms with Crippen LogP contribution in [0, 0.1) is 0 Å². The van der Waals surface area contributed by atoms with E-state index in [0.29, 0.717) is 18.5 Å². The fraction of sp³-hybridized carbons (Fsp3) is 0.500. The molecule has 0 aliphatic rings. The molecule has 104 valence electrons. The summed E-state index contributed by atoms with van der Waals surface area (Å²) in [7, 11) is 0. The van der Waals surface area contributed by atoms with E-state index in [2.05, 4.69) is 20.6 Å². The lowest BCUT2D eigenvalue weighted by molar-refractivity contribution is -0.144. The summed E-state index contributed by atoms with van der Waals surface area (Å²) in [5.41, 5.74) is -0.609. The van der Waals surface area contributed by atoms with Crippen LogP contribution in [0.4, 0.5) is 4.79 Å². The second kappa shape index (κ2) is 6.67. The minimum atomic E-state index is -1.26. The second-order valence-electron chi connectivity index (χ2n) is 4.40. The van der Waals surface area contributed by atoms with E-state index in [1.165, 1.54) is 13.3 Å². The molecule has 0 radical (unpaired) electrons. The molecule has 2 amide bonds. The van der Waals surface area contributed by atoms with E-state index in [1.807, 2.05) is 6.92 Å². The molecule has 3 N–H and O–H groups in total. The van der Waals surface area contributed by atoms with Crippen molar-refractivity contribution < 1.29 is 14.7 Å². The summed E-state index contributed by atoms with van der Waals surface area (Å²) in [6.45, 7) is 3.57. The molecule has 0 aliphatic heterocycles. The van der Waals surface area contributed by atoms with Crippen LogP contribution in [-0.4, -0.2) is 32.6 Å². The van der Waals surface area contributed by atoms with Crippen molar-refractivity contribution in [2.75, 3.05) is 0 Å². The number of carbonyl (C=O) groups excluding carboxylic acids is 1. The van der Waals surface area contributed by atoms with Gasteiger partial charge in [0.25, 0.3) is 0 Å². The molecule has 7 heteroatoms. The van der Waals surface area contributed by atoms with Crippen molar-refractivity contribution in [3.8, 4) is 0 Å². The number of nitrogens with zero attached hydrogens (tertiary/aromatic N) is 2. The van der Waals surface area contributed by atoms with Crippen LogP contribution >= 0.6 is 0 Å². The number of carbonyl (C=O) groups is 2. The first-order valence-electron chi connectivity index (χ1n) is 6.02. The number of hydrogen-bond donors (Lipinski definition) is 3. The quantitative estimate of drug-likeness (QED) is 0.710. The molecule has 7 nitrogen and oxygen atoms in total. The maximum absolute atomic E-state index is 11.7. The summed E-state index contributed by atoms with van der Waals surface area (Å²) in [4.78, 5) is 30.6. The monoisotopic (exact) mass is 266 g/mol. The van der Waals surface area contributed by atoms with Gasteiger partial charge in [0, 0.05) is 6.20 Å². The third-order valence-electron chi connectivity index (χ3n) is 2.68. The smallest absolute Gasteiger partial charge is 0.329 e. The van der Waals surface area contributed by atoms with E-state index in [-0.39, 0.29) is 6.54 Å². The Balaban J connectivity index is 2.52. The number of carboxylic acid groups (broad SMARTS) is 1. The first-order chi connectivity index (χ1) is 8.98. The fourth-order valence-corrected chi connectivity index (χ4v) is 1.61. The number of nitrogens with one attached hydrogen (secondary N) is 2. The summed E-state index contributed by atoms with van der Waals surface area (Å²) in [5.74, 6) is -1.05. The number of urea groups is 1. The maximum atomic E-state index is 11.7. The molecule has 1 aromatic rings. The van der Waals surface area contributed by atoms with E-state index < -0.39 is 17.5 Å². The molecular formula is C12H18N4O3. The van der Waals surface area contributed by atoms with Crippen molar-refractivity contribution in [3.05, 3.63) is 24.3 Å². The van der Waals surface area contributed by atoms with Crippen LogP contribution in [0.1, 0.15) is 32.4 Å². The second-order valence-corrected chi connectivity index (χ2v) is 4.40. The number of amides is 2. The van der Waals surface area contributed by atoms with Crippen molar-refractivity contribution in [2.24, 2.45) is 0 Å². The van der Waals surface area contributed by atoms with Crippen LogP contribution < -0.4 is 10.6 Å². The van der Waals surface area contributed by atoms with Crippen molar-refractivity contribution in [1.29, 1.82) is 0 Å². The molecule has 1 unspecified atom stereocenters. The maximum Gasteiger partial charge on any atom is 0.329 e. The molecule has 0 spiro atoms. The molecule has 1 heterocycles. The third kappa shape index (κ3) is 4.53. The highest BCUT2D eigenvalue weighted by Crippen LogP contribution is 2.12. The van der Waals surface area contributed by atoms with Crippen LogP contribution in [-0.2, 0) is 11.3 Å². The molecule has 0 saturated heterocycles. The van der Waals surface area contributed by atoms with Gasteiger partial charge >= 0.3 is 12.0 Å². The predicted octanol–water partition coefficient (Wildman–Crippen LogP) is 0.919. The van der Waals surface area contributed by atoms with E-state index in [1.54, 1.807) is 12.3 Å². The van der Waals surface area contributed by atoms with Gasteiger partial charge in [-0.15, -0.1) is 0 Å². The lowest BCUT2D eigenvalue weighted by atomic mass is 9.97. The van der Waals surface area contributed by atoms with Crippen LogP contribution in [0.3, 0.4) is 0 Å². The van der Waals surface area contributed by atoms with Crippen molar-refractivity contribution >= 4 is 12.0 Å². The number of aliphatic carboxylic acids is 1. The van der Waals surface area contributed by atoms with Gasteiger partial charge in [-0.05, 0) is 19.4 Å². The Morgan fingerprint density at radius 2 is 2.21 bits per heavy atom. The minimum Gasteiger partial charge on any atom is -0.480 e. The molecule has 1 atom stereocenters. The van der Waals surface area contributed by atoms with Crippen LogP contribution in [0.5, 0.6) is 0 Å². The summed E-state index contributed by atoms with van der Waals surface area (Å²) >= 11 is 0. The Kier molecular flexibility index (Phi) is 5.23. The topological polar surface area (TPSA) is 104 Å². The molecule has 1 rings (SSSR count). The largest absolute Gasteiger partial charge is 0.480 e. The first kappa shape index (κ1) is 14.9. The van der Waals surface area contributed by atoms with Gasteiger partial charge in [-0.1, -0.05) is 13.3 Å². The Hall–Kier alpha value is -2.18. The van der Waals surface area contributed by atoms with E-state index in [0.717, 1.165) is 0 Å². The van der Waals surface area contributed by atoms with Gasteiger partial charge in [0.2, 0.25) is 0 Å². The van der Waals surface area contributed by atoms with Crippen molar-refractivity contribution in [2.45, 2.75) is 38.8 Å². The summed E-state index contributed by atoms with van der Waals surface area (Å²) in [6.07, 6.45) is 3.98. The molecule has 0 fully saturated rings. The van der Waals surface area contributed by atoms with Crippen LogP contribution in [0.2, 0.25) is 0 Å². The van der Waals surface area contributed by atoms with E-state index >= 15 is 0 Å². The molecule has 0 saturated carbocycles. The highest BCUT2D eigenvalue weighted by Gasteiger charge is 2.33. The zero-order chi connectivity index (χ0) is 14.3. The normalized spacial score (nSPS) is 13.4. The third-order valence-corrected chi connectivity index (χ3v) is 2.68. The van der Waals surface area contributed by atoms with Crippen molar-refractivity contribution in [3.63, 3.8) is 0 Å². The number of carboxylic acids is 1. The van der Waals surface area contributed by atoms with Gasteiger partial charge in [-0.2, -0.15) is 0 Å². The Morgan fingerprint density at radius 1 is 1.47 bits per heavy atom. The Bertz CT molecular complexity index is 438. The fourth-order valence-electron chi connectivity index (χ4n) is 1.61. The number of rotatable bonds is 6. The molecule has 0 aromatic carbocycles. The highest BCUT2D eigenvalue weighted by molar-refractivity contribution is 5.85. The Morgan fingerprint density at radius 3 is 2.74 bits per heavy atom. The lowest BCUT2D eigenvalue weighted by Crippen LogP contribution is -2.55. The number of aromatic nitrogens is 2. The van der Waals surface area contributed by atoms with Crippen LogP contribution in [0.15, 0.2) is 18.6 Å². The van der Waals surface area contributed by atoms with Crippen molar-refractivity contribution in [1.82, 2.24) is 20.6 Å². The van der Waals surface area contributed by atoms with Crippen LogP contribution in [0.25, 0.3) is 0 Å². The predicted molar refractivity (Wildman–Crippen MR) is 68.4 cm³/mol. The zero-order valence-electron chi connectivity index (χ0n) is 11.0. The highest BCUT2D eigenvalue weighted by atomic mass is 16.4. The van der Waals surface area contributed by atoms with E-state index in [9.17, 15) is 9.59 Å². The van der Waals surface area contributed by atoms with Gasteiger partial charge in [0.15, 0.2) is 0 Å². The molecule has 19 heavy (non-hydrogen) atoms. The average molecular weight is 266 g/mol. The summed E-state index contributed by atoms with van der Waals surface area (Å²) in [6, 6.07) is 1.14. The van der Waals surface area contributed by atoms with Gasteiger partial charge in [-0.3, -0.25) is 0 Å². The van der Waals surface area contributed by atoms with E-state index in [4.69, 9.17) is 5.11 Å².